The van der Waals surface area contributed by atoms with E-state index in [2.05, 4.69) is 15.3 Å². The third kappa shape index (κ3) is 2.59. The summed E-state index contributed by atoms with van der Waals surface area (Å²) in [5.41, 5.74) is 5.66. The van der Waals surface area contributed by atoms with Gasteiger partial charge < -0.3 is 11.1 Å². The summed E-state index contributed by atoms with van der Waals surface area (Å²) < 4.78 is 13.2. The van der Waals surface area contributed by atoms with Gasteiger partial charge in [-0.25, -0.2) is 4.39 Å². The zero-order valence-electron chi connectivity index (χ0n) is 11.2. The predicted octanol–water partition coefficient (Wildman–Crippen LogP) is 1.74. The van der Waals surface area contributed by atoms with E-state index < -0.39 is 17.3 Å². The van der Waals surface area contributed by atoms with Gasteiger partial charge in [0.2, 0.25) is 5.91 Å². The fourth-order valence-electron chi connectivity index (χ4n) is 1.99. The Labute approximate surface area is 116 Å². The zero-order valence-corrected chi connectivity index (χ0v) is 11.2. The summed E-state index contributed by atoms with van der Waals surface area (Å²) in [5, 5.41) is 2.94. The Kier molecular flexibility index (Phi) is 3.65. The summed E-state index contributed by atoms with van der Waals surface area (Å²) in [4.78, 5) is 20.1. The van der Waals surface area contributed by atoms with Gasteiger partial charge in [0.05, 0.1) is 11.4 Å². The van der Waals surface area contributed by atoms with Gasteiger partial charge in [0.1, 0.15) is 5.82 Å². The highest BCUT2D eigenvalue weighted by Gasteiger charge is 2.36. The molecule has 0 saturated heterocycles. The smallest absolute Gasteiger partial charge is 0.249 e. The minimum Gasteiger partial charge on any atom is -0.367 e. The third-order valence-corrected chi connectivity index (χ3v) is 3.07. The van der Waals surface area contributed by atoms with Gasteiger partial charge in [0, 0.05) is 18.1 Å². The van der Waals surface area contributed by atoms with Crippen molar-refractivity contribution in [2.45, 2.75) is 19.4 Å². The number of nitrogens with zero attached hydrogens (tertiary/aromatic N) is 2. The van der Waals surface area contributed by atoms with Gasteiger partial charge in [-0.3, -0.25) is 14.8 Å². The lowest BCUT2D eigenvalue weighted by atomic mass is 9.94. The van der Waals surface area contributed by atoms with Gasteiger partial charge in [0.25, 0.3) is 0 Å². The van der Waals surface area contributed by atoms with Gasteiger partial charge in [0.15, 0.2) is 5.54 Å². The molecule has 0 saturated carbocycles. The quantitative estimate of drug-likeness (QED) is 0.889. The van der Waals surface area contributed by atoms with Gasteiger partial charge >= 0.3 is 0 Å². The Balaban J connectivity index is 2.46. The van der Waals surface area contributed by atoms with Crippen molar-refractivity contribution < 1.29 is 9.18 Å². The molecule has 20 heavy (non-hydrogen) atoms. The maximum absolute atomic E-state index is 13.2. The van der Waals surface area contributed by atoms with Crippen LogP contribution in [0.5, 0.6) is 0 Å². The van der Waals surface area contributed by atoms with Crippen LogP contribution in [0, 0.1) is 12.7 Å². The molecule has 1 aromatic heterocycles. The molecule has 1 aromatic carbocycles. The number of nitrogens with two attached hydrogens (primary N) is 1. The van der Waals surface area contributed by atoms with E-state index in [1.165, 1.54) is 24.5 Å². The van der Waals surface area contributed by atoms with Gasteiger partial charge in [-0.15, -0.1) is 0 Å². The first-order valence-corrected chi connectivity index (χ1v) is 6.05. The summed E-state index contributed by atoms with van der Waals surface area (Å²) in [6.07, 6.45) is 3.01. The van der Waals surface area contributed by atoms with Crippen molar-refractivity contribution in [3.8, 4) is 0 Å². The molecule has 6 heteroatoms. The number of carbonyl (C=O) groups excluding carboxylic acids is 1. The molecule has 0 radical (unpaired) electrons. The average molecular weight is 274 g/mol. The monoisotopic (exact) mass is 274 g/mol. The normalized spacial score (nSPS) is 13.6. The number of aromatic nitrogens is 2. The number of halogens is 1. The molecular weight excluding hydrogens is 259 g/mol. The molecule has 2 aromatic rings. The Morgan fingerprint density at radius 2 is 2.05 bits per heavy atom. The van der Waals surface area contributed by atoms with Crippen LogP contribution in [0.15, 0.2) is 36.7 Å². The number of anilines is 1. The first-order valence-electron chi connectivity index (χ1n) is 6.05. The van der Waals surface area contributed by atoms with E-state index in [4.69, 9.17) is 5.73 Å². The molecule has 2 rings (SSSR count). The third-order valence-electron chi connectivity index (χ3n) is 3.07. The molecule has 0 aliphatic rings. The van der Waals surface area contributed by atoms with Crippen LogP contribution in [-0.4, -0.2) is 15.9 Å². The molecule has 1 amide bonds. The zero-order chi connectivity index (χ0) is 14.8. The van der Waals surface area contributed by atoms with E-state index in [9.17, 15) is 9.18 Å². The van der Waals surface area contributed by atoms with Crippen LogP contribution in [0.3, 0.4) is 0 Å². The average Bonchev–Trinajstić information content (AvgIpc) is 2.38. The molecule has 5 nitrogen and oxygen atoms in total. The van der Waals surface area contributed by atoms with Gasteiger partial charge in [-0.05, 0) is 32.0 Å². The van der Waals surface area contributed by atoms with Crippen molar-refractivity contribution in [3.05, 3.63) is 53.9 Å². The Morgan fingerprint density at radius 3 is 2.65 bits per heavy atom. The minimum atomic E-state index is -1.27. The molecular formula is C14H15FN4O. The van der Waals surface area contributed by atoms with Crippen molar-refractivity contribution in [1.29, 1.82) is 0 Å². The van der Waals surface area contributed by atoms with Gasteiger partial charge in [-0.1, -0.05) is 6.07 Å². The van der Waals surface area contributed by atoms with Crippen LogP contribution in [0.1, 0.15) is 18.3 Å². The van der Waals surface area contributed by atoms with Crippen LogP contribution in [-0.2, 0) is 10.3 Å². The number of benzene rings is 1. The lowest BCUT2D eigenvalue weighted by Gasteiger charge is -2.28. The van der Waals surface area contributed by atoms with Crippen LogP contribution in [0.2, 0.25) is 0 Å². The van der Waals surface area contributed by atoms with Crippen molar-refractivity contribution >= 4 is 11.6 Å². The van der Waals surface area contributed by atoms with Crippen LogP contribution in [0.25, 0.3) is 0 Å². The maximum Gasteiger partial charge on any atom is 0.249 e. The highest BCUT2D eigenvalue weighted by Crippen LogP contribution is 2.26. The topological polar surface area (TPSA) is 80.9 Å². The van der Waals surface area contributed by atoms with Crippen LogP contribution >= 0.6 is 0 Å². The largest absolute Gasteiger partial charge is 0.367 e. The molecule has 0 aliphatic heterocycles. The number of hydrogen-bond acceptors (Lipinski definition) is 4. The van der Waals surface area contributed by atoms with E-state index in [-0.39, 0.29) is 0 Å². The van der Waals surface area contributed by atoms with E-state index in [1.807, 2.05) is 0 Å². The number of carbonyl (C=O) groups is 1. The standard InChI is InChI=1S/C14H15FN4O/c1-9-12(18-7-6-17-9)14(2,13(16)20)19-11-5-3-4-10(15)8-11/h3-8,19H,1-2H3,(H2,16,20). The second kappa shape index (κ2) is 5.24. The number of rotatable bonds is 4. The van der Waals surface area contributed by atoms with E-state index in [1.54, 1.807) is 26.0 Å². The Bertz CT molecular complexity index is 647. The summed E-state index contributed by atoms with van der Waals surface area (Å²) in [6, 6.07) is 5.80. The number of aryl methyl sites for hydroxylation is 1. The number of nitrogens with one attached hydrogen (secondary N) is 1. The second-order valence-corrected chi connectivity index (χ2v) is 4.61. The summed E-state index contributed by atoms with van der Waals surface area (Å²) >= 11 is 0. The molecule has 0 aliphatic carbocycles. The summed E-state index contributed by atoms with van der Waals surface area (Å²) in [6.45, 7) is 3.33. The first kappa shape index (κ1) is 13.9. The maximum atomic E-state index is 13.2. The second-order valence-electron chi connectivity index (χ2n) is 4.61. The molecule has 0 bridgehead atoms. The highest BCUT2D eigenvalue weighted by atomic mass is 19.1. The molecule has 3 N–H and O–H groups in total. The van der Waals surface area contributed by atoms with Crippen LogP contribution < -0.4 is 11.1 Å². The molecule has 1 heterocycles. The molecule has 0 fully saturated rings. The summed E-state index contributed by atoms with van der Waals surface area (Å²) in [7, 11) is 0. The van der Waals surface area contributed by atoms with Crippen molar-refractivity contribution in [2.75, 3.05) is 5.32 Å². The summed E-state index contributed by atoms with van der Waals surface area (Å²) in [5.74, 6) is -1.02. The molecule has 104 valence electrons. The van der Waals surface area contributed by atoms with Crippen molar-refractivity contribution in [3.63, 3.8) is 0 Å². The minimum absolute atomic E-state index is 0.405. The number of primary amides is 1. The number of amides is 1. The Morgan fingerprint density at radius 1 is 1.35 bits per heavy atom. The van der Waals surface area contributed by atoms with Gasteiger partial charge in [-0.2, -0.15) is 0 Å². The fraction of sp³-hybridized carbons (Fsp3) is 0.214. The van der Waals surface area contributed by atoms with E-state index >= 15 is 0 Å². The first-order chi connectivity index (χ1) is 9.43. The van der Waals surface area contributed by atoms with Crippen molar-refractivity contribution in [1.82, 2.24) is 9.97 Å². The van der Waals surface area contributed by atoms with Crippen molar-refractivity contribution in [2.24, 2.45) is 5.73 Å². The molecule has 1 atom stereocenters. The lowest BCUT2D eigenvalue weighted by Crippen LogP contribution is -2.46. The predicted molar refractivity (Wildman–Crippen MR) is 73.3 cm³/mol. The van der Waals surface area contributed by atoms with E-state index in [0.29, 0.717) is 17.1 Å². The number of hydrogen-bond donors (Lipinski definition) is 2. The molecule has 1 unspecified atom stereocenters. The Hall–Kier alpha value is -2.50. The van der Waals surface area contributed by atoms with E-state index in [0.717, 1.165) is 0 Å². The fourth-order valence-corrected chi connectivity index (χ4v) is 1.99. The highest BCUT2D eigenvalue weighted by molar-refractivity contribution is 5.88. The lowest BCUT2D eigenvalue weighted by molar-refractivity contribution is -0.122. The SMILES string of the molecule is Cc1nccnc1C(C)(Nc1cccc(F)c1)C(N)=O. The molecule has 0 spiro atoms. The van der Waals surface area contributed by atoms with Crippen LogP contribution in [0.4, 0.5) is 10.1 Å².